The Bertz CT molecular complexity index is 5250. The SMILES string of the molecule is CC(C)(C)OC(=O)C[C@H]1CCCCCC(F)(F)C[C@@H]2C[C@@]2(C(=O)NS(=O)(=O)C2CC2)CC(=O)[C@@H]2C[C@@H](Oc3nc4ccccc4nc3-c3cc4ccccc4o3)CN2C1=O.Cl.Cl.N[C@H]1CCCCCC(F)(F)C[C@@H]2C[C@@]2(C(=O)NS(=O)(=O)C2CC2)CC(=O)[C@@H]2C[C@@H](Oc3nc4ccccc4nc3-c3cc4ccccc4o3)CN2C1=O. The molecule has 115 heavy (non-hydrogen) atoms. The molecule has 8 heterocycles. The first-order valence-electron chi connectivity index (χ1n) is 39.1. The number of nitrogens with two attached hydrogens (primary N) is 1. The van der Waals surface area contributed by atoms with E-state index in [1.165, 1.54) is 9.80 Å². The number of carbonyl (C=O) groups is 7. The van der Waals surface area contributed by atoms with Crippen molar-refractivity contribution in [2.45, 2.75) is 227 Å². The number of alkyl halides is 4. The Morgan fingerprint density at radius 1 is 0.539 bits per heavy atom. The minimum absolute atomic E-state index is 0. The van der Waals surface area contributed by atoms with E-state index in [4.69, 9.17) is 48.7 Å². The number of nitrogens with zero attached hydrogens (tertiary/aromatic N) is 6. The van der Waals surface area contributed by atoms with Crippen molar-refractivity contribution in [2.75, 3.05) is 13.1 Å². The van der Waals surface area contributed by atoms with Crippen molar-refractivity contribution in [1.82, 2.24) is 39.2 Å². The molecule has 4 aromatic heterocycles. The predicted octanol–water partition coefficient (Wildman–Crippen LogP) is 13.4. The largest absolute Gasteiger partial charge is 0.471 e. The summed E-state index contributed by atoms with van der Waals surface area (Å²) >= 11 is 0. The lowest BCUT2D eigenvalue weighted by molar-refractivity contribution is -0.159. The number of para-hydroxylation sites is 6. The summed E-state index contributed by atoms with van der Waals surface area (Å²) in [6.07, 6.45) is -1.51. The molecule has 10 atom stereocenters. The van der Waals surface area contributed by atoms with Gasteiger partial charge in [-0.15, -0.1) is 24.8 Å². The lowest BCUT2D eigenvalue weighted by Gasteiger charge is -2.29. The van der Waals surface area contributed by atoms with Gasteiger partial charge in [-0.05, 0) is 145 Å². The van der Waals surface area contributed by atoms with Crippen LogP contribution in [0.15, 0.2) is 118 Å². The van der Waals surface area contributed by atoms with Gasteiger partial charge in [0.25, 0.3) is 0 Å². The molecule has 8 fully saturated rings. The Balaban J connectivity index is 0.000000198. The maximum atomic E-state index is 15.5. The fraction of sp³-hybridized carbons (Fsp3) is 0.524. The highest BCUT2D eigenvalue weighted by Gasteiger charge is 2.66. The summed E-state index contributed by atoms with van der Waals surface area (Å²) in [5, 5.41) is 0.204. The van der Waals surface area contributed by atoms with E-state index in [1.54, 1.807) is 45.0 Å². The molecular weight excluding hydrogens is 1580 g/mol. The summed E-state index contributed by atoms with van der Waals surface area (Å²) in [6.45, 7) is 4.99. The molecule has 0 unspecified atom stereocenters. The number of amides is 4. The molecule has 0 bridgehead atoms. The maximum absolute atomic E-state index is 15.5. The molecule has 16 rings (SSSR count). The molecule has 8 aliphatic rings. The highest BCUT2D eigenvalue weighted by molar-refractivity contribution is 7.91. The summed E-state index contributed by atoms with van der Waals surface area (Å²) in [6, 6.07) is 29.7. The summed E-state index contributed by atoms with van der Waals surface area (Å²) in [7, 11) is -8.07. The van der Waals surface area contributed by atoms with E-state index in [-0.39, 0.29) is 107 Å². The molecule has 616 valence electrons. The number of ketones is 2. The normalized spacial score (nSPS) is 26.8. The van der Waals surface area contributed by atoms with Crippen LogP contribution < -0.4 is 24.7 Å². The van der Waals surface area contributed by atoms with Gasteiger partial charge in [-0.3, -0.25) is 43.0 Å². The quantitative estimate of drug-likeness (QED) is 0.0672. The molecule has 0 spiro atoms. The summed E-state index contributed by atoms with van der Waals surface area (Å²) in [5.74, 6) is -12.7. The Kier molecular flexibility index (Phi) is 24.0. The van der Waals surface area contributed by atoms with E-state index in [0.717, 1.165) is 10.8 Å². The van der Waals surface area contributed by atoms with Crippen LogP contribution in [-0.2, 0) is 58.3 Å². The molecule has 4 saturated heterocycles. The van der Waals surface area contributed by atoms with Crippen LogP contribution in [0.3, 0.4) is 0 Å². The first-order chi connectivity index (χ1) is 53.7. The van der Waals surface area contributed by atoms with Crippen LogP contribution in [-0.4, -0.2) is 159 Å². The van der Waals surface area contributed by atoms with Crippen LogP contribution in [0.2, 0.25) is 0 Å². The number of aromatic nitrogens is 4. The standard InChI is InChI=1S/C44H50F2N4O9S.C38H41F2N5O7S.2ClH/c1-42(2,3)59-37(52)20-27-12-5-4-10-18-44(45,46)23-28-22-43(28,41(54)49-60(55,56)30-16-17-30)24-34(51)33-21-29(25-50(33)40(27)53)57-39-38(47-31-13-7-8-14-32(31)48-39)36-19-26-11-6-9-15-35(26)58-36;39-38(40)15-7-1-2-9-26(41)35(47)45-21-24(17-29(45)30(46)20-37(18-23(37)19-38)36(48)44-53(49,50)25-13-14-25)51-34-33(42-27-10-4-5-11-28(27)43-34)32-16-22-8-3-6-12-31(22)52-32;;/h6-9,11,13-15,19,27-30,33H,4-5,10,12,16-18,20-25H2,1-3H3,(H,49,54);3-6,8,10-12,16,23-26,29H,1-2,7,9,13-15,17-21,41H2,(H,44,48);2*1H/t27-,28+,29-,33+,43-;23-,24+,26-,29-,37+;;/m10../s1. The van der Waals surface area contributed by atoms with Gasteiger partial charge in [0.2, 0.25) is 67.3 Å². The zero-order chi connectivity index (χ0) is 79.7. The summed E-state index contributed by atoms with van der Waals surface area (Å²) in [5.41, 5.74) is 6.31. The van der Waals surface area contributed by atoms with Crippen LogP contribution in [0.4, 0.5) is 17.6 Å². The van der Waals surface area contributed by atoms with Crippen molar-refractivity contribution >= 4 is 130 Å². The molecule has 4 saturated carbocycles. The number of Topliss-reactive ketones (excluding diaryl/α,β-unsaturated/α-hetero) is 2. The van der Waals surface area contributed by atoms with Gasteiger partial charge < -0.3 is 38.6 Å². The highest BCUT2D eigenvalue weighted by Crippen LogP contribution is 2.62. The third kappa shape index (κ3) is 18.7. The first-order valence-corrected chi connectivity index (χ1v) is 42.2. The third-order valence-electron chi connectivity index (χ3n) is 23.3. The van der Waals surface area contributed by atoms with Crippen molar-refractivity contribution in [1.29, 1.82) is 0 Å². The number of hydrogen-bond acceptors (Lipinski definition) is 21. The van der Waals surface area contributed by atoms with Crippen molar-refractivity contribution < 1.29 is 91.0 Å². The van der Waals surface area contributed by atoms with Crippen LogP contribution in [0, 0.1) is 28.6 Å². The molecule has 0 radical (unpaired) electrons. The first kappa shape index (κ1) is 84.0. The number of esters is 1. The predicted molar refractivity (Wildman–Crippen MR) is 421 cm³/mol. The number of furan rings is 2. The Labute approximate surface area is 674 Å². The van der Waals surface area contributed by atoms with Gasteiger partial charge in [0, 0.05) is 68.1 Å². The van der Waals surface area contributed by atoms with Crippen LogP contribution in [0.25, 0.3) is 66.9 Å². The average Bonchev–Trinajstić information content (AvgIpc) is 1.57. The third-order valence-corrected chi connectivity index (χ3v) is 26.9. The second-order valence-electron chi connectivity index (χ2n) is 33.2. The van der Waals surface area contributed by atoms with Crippen LogP contribution in [0.1, 0.15) is 168 Å². The Morgan fingerprint density at radius 3 is 1.36 bits per heavy atom. The van der Waals surface area contributed by atoms with Gasteiger partial charge in [-0.2, -0.15) is 0 Å². The second-order valence-corrected chi connectivity index (χ2v) is 37.1. The molecule has 4 aromatic carbocycles. The van der Waals surface area contributed by atoms with Crippen LogP contribution >= 0.6 is 24.8 Å². The average molecular weight is 1670 g/mol. The van der Waals surface area contributed by atoms with Crippen molar-refractivity contribution in [3.05, 3.63) is 109 Å². The number of nitrogens with one attached hydrogen (secondary N) is 2. The molecule has 4 amide bonds. The number of sulfonamides is 2. The molecular formula is C82H93Cl2F4N9O16S2. The van der Waals surface area contributed by atoms with Crippen molar-refractivity contribution in [3.8, 4) is 34.7 Å². The van der Waals surface area contributed by atoms with Gasteiger partial charge in [0.1, 0.15) is 29.0 Å². The van der Waals surface area contributed by atoms with Gasteiger partial charge >= 0.3 is 5.97 Å². The monoisotopic (exact) mass is 1670 g/mol. The Hall–Kier alpha value is -8.91. The zero-order valence-electron chi connectivity index (χ0n) is 63.8. The van der Waals surface area contributed by atoms with Gasteiger partial charge in [0.15, 0.2) is 34.5 Å². The number of rotatable bonds is 14. The lowest BCUT2D eigenvalue weighted by atomic mass is 9.89. The lowest BCUT2D eigenvalue weighted by Crippen LogP contribution is -2.49. The van der Waals surface area contributed by atoms with Gasteiger partial charge in [-0.1, -0.05) is 86.3 Å². The minimum Gasteiger partial charge on any atom is -0.471 e. The van der Waals surface area contributed by atoms with Gasteiger partial charge in [0.05, 0.1) is 81.0 Å². The maximum Gasteiger partial charge on any atom is 0.307 e. The van der Waals surface area contributed by atoms with E-state index in [0.29, 0.717) is 108 Å². The number of ether oxygens (including phenoxy) is 3. The Morgan fingerprint density at radius 2 is 0.939 bits per heavy atom. The van der Waals surface area contributed by atoms with E-state index >= 15 is 17.6 Å². The minimum atomic E-state index is -4.06. The molecule has 33 heteroatoms. The number of fused-ring (bicyclic) bond motifs is 8. The fourth-order valence-electron chi connectivity index (χ4n) is 16.8. The summed E-state index contributed by atoms with van der Waals surface area (Å²) in [4.78, 5) is 120. The molecule has 25 nitrogen and oxygen atoms in total. The zero-order valence-corrected chi connectivity index (χ0v) is 67.0. The van der Waals surface area contributed by atoms with E-state index in [2.05, 4.69) is 9.44 Å². The smallest absolute Gasteiger partial charge is 0.307 e. The van der Waals surface area contributed by atoms with E-state index in [9.17, 15) is 50.4 Å². The fourth-order valence-corrected chi connectivity index (χ4v) is 19.6. The number of hydrogen-bond donors (Lipinski definition) is 3. The molecule has 4 aliphatic carbocycles. The van der Waals surface area contributed by atoms with E-state index < -0.39 is 187 Å². The number of halogens is 6. The number of benzene rings is 4. The molecule has 4 N–H and O–H groups in total. The highest BCUT2D eigenvalue weighted by atomic mass is 35.5. The van der Waals surface area contributed by atoms with E-state index in [1.807, 2.05) is 84.9 Å². The molecule has 4 aliphatic heterocycles. The van der Waals surface area contributed by atoms with Crippen molar-refractivity contribution in [3.63, 3.8) is 0 Å². The topological polar surface area (TPSA) is 350 Å². The van der Waals surface area contributed by atoms with Crippen LogP contribution in [0.5, 0.6) is 11.8 Å². The number of carbonyl (C=O) groups excluding carboxylic acids is 7. The second kappa shape index (κ2) is 32.9. The molecule has 8 aromatic rings. The summed E-state index contributed by atoms with van der Waals surface area (Å²) < 4.78 is 148. The van der Waals surface area contributed by atoms with Gasteiger partial charge in [-0.25, -0.2) is 54.3 Å². The van der Waals surface area contributed by atoms with Crippen molar-refractivity contribution in [2.24, 2.45) is 34.3 Å².